The van der Waals surface area contributed by atoms with Crippen molar-refractivity contribution >= 4 is 50.3 Å². The normalized spacial score (nSPS) is 15.3. The maximum absolute atomic E-state index is 12.2. The van der Waals surface area contributed by atoms with Crippen LogP contribution in [0.1, 0.15) is 11.1 Å². The molecule has 28 heavy (non-hydrogen) atoms. The number of hydrogen-bond acceptors (Lipinski definition) is 5. The first-order valence-corrected chi connectivity index (χ1v) is 10.3. The third kappa shape index (κ3) is 4.97. The molecule has 0 spiro atoms. The lowest BCUT2D eigenvalue weighted by Gasteiger charge is -2.26. The molecule has 1 N–H and O–H groups in total. The Balaban J connectivity index is 1.40. The average Bonchev–Trinajstić information content (AvgIpc) is 3.10. The number of rotatable bonds is 5. The van der Waals surface area contributed by atoms with Gasteiger partial charge >= 0.3 is 0 Å². The first-order valence-electron chi connectivity index (χ1n) is 9.10. The third-order valence-corrected chi connectivity index (χ3v) is 5.68. The highest BCUT2D eigenvalue weighted by atomic mass is 35.5. The number of hydrogen-bond donors (Lipinski definition) is 1. The zero-order chi connectivity index (χ0) is 19.3. The van der Waals surface area contributed by atoms with Gasteiger partial charge in [0.1, 0.15) is 0 Å². The van der Waals surface area contributed by atoms with Crippen LogP contribution in [0.3, 0.4) is 0 Å². The molecule has 5 nitrogen and oxygen atoms in total. The van der Waals surface area contributed by atoms with E-state index in [0.29, 0.717) is 10.2 Å². The number of halogens is 1. The van der Waals surface area contributed by atoms with Gasteiger partial charge in [-0.3, -0.25) is 15.0 Å². The molecule has 4 rings (SSSR count). The number of benzene rings is 2. The predicted octanol–water partition coefficient (Wildman–Crippen LogP) is 4.43. The van der Waals surface area contributed by atoms with Crippen molar-refractivity contribution in [2.75, 3.05) is 31.6 Å². The molecule has 144 valence electrons. The minimum absolute atomic E-state index is 0.206. The highest BCUT2D eigenvalue weighted by Crippen LogP contribution is 2.27. The molecule has 0 aliphatic carbocycles. The summed E-state index contributed by atoms with van der Waals surface area (Å²) in [5.74, 6) is -0.206. The van der Waals surface area contributed by atoms with E-state index in [1.165, 1.54) is 23.0 Å². The first kappa shape index (κ1) is 19.1. The molecule has 1 aliphatic rings. The van der Waals surface area contributed by atoms with Crippen molar-refractivity contribution < 1.29 is 9.53 Å². The van der Waals surface area contributed by atoms with Crippen molar-refractivity contribution in [1.82, 2.24) is 9.88 Å². The van der Waals surface area contributed by atoms with Crippen LogP contribution in [0.5, 0.6) is 0 Å². The van der Waals surface area contributed by atoms with Crippen molar-refractivity contribution in [3.63, 3.8) is 0 Å². The summed E-state index contributed by atoms with van der Waals surface area (Å²) in [7, 11) is 0. The standard InChI is InChI=1S/C21H20ClN3O2S/c22-17-5-1-15(2-6-17)4-8-20(26)24-21-23-18-7-3-16(13-19(18)28-21)14-25-9-11-27-12-10-25/h1-8,13H,9-12,14H2,(H,23,24,26)/b8-4+. The van der Waals surface area contributed by atoms with Gasteiger partial charge in [0, 0.05) is 30.7 Å². The maximum Gasteiger partial charge on any atom is 0.250 e. The van der Waals surface area contributed by atoms with Crippen molar-refractivity contribution in [3.05, 3.63) is 64.7 Å². The maximum atomic E-state index is 12.2. The van der Waals surface area contributed by atoms with Crippen molar-refractivity contribution in [3.8, 4) is 0 Å². The molecule has 2 aromatic carbocycles. The molecular formula is C21H20ClN3O2S. The molecule has 2 heterocycles. The first-order chi connectivity index (χ1) is 13.7. The van der Waals surface area contributed by atoms with Gasteiger partial charge in [0.2, 0.25) is 5.91 Å². The van der Waals surface area contributed by atoms with Crippen LogP contribution >= 0.6 is 22.9 Å². The summed E-state index contributed by atoms with van der Waals surface area (Å²) < 4.78 is 6.47. The predicted molar refractivity (Wildman–Crippen MR) is 115 cm³/mol. The van der Waals surface area contributed by atoms with E-state index in [9.17, 15) is 4.79 Å². The lowest BCUT2D eigenvalue weighted by Crippen LogP contribution is -2.35. The van der Waals surface area contributed by atoms with E-state index < -0.39 is 0 Å². The fourth-order valence-corrected chi connectivity index (χ4v) is 4.09. The van der Waals surface area contributed by atoms with Gasteiger partial charge in [-0.2, -0.15) is 0 Å². The van der Waals surface area contributed by atoms with Crippen LogP contribution in [0, 0.1) is 0 Å². The summed E-state index contributed by atoms with van der Waals surface area (Å²) in [4.78, 5) is 19.1. The van der Waals surface area contributed by atoms with E-state index in [2.05, 4.69) is 27.3 Å². The van der Waals surface area contributed by atoms with Crippen molar-refractivity contribution in [2.24, 2.45) is 0 Å². The molecule has 0 bridgehead atoms. The SMILES string of the molecule is O=C(/C=C/c1ccc(Cl)cc1)Nc1nc2ccc(CN3CCOCC3)cc2s1. The number of aromatic nitrogens is 1. The fourth-order valence-electron chi connectivity index (χ4n) is 3.03. The van der Waals surface area contributed by atoms with Gasteiger partial charge in [-0.25, -0.2) is 4.98 Å². The van der Waals surface area contributed by atoms with E-state index in [1.807, 2.05) is 18.2 Å². The number of ether oxygens (including phenoxy) is 1. The molecule has 0 unspecified atom stereocenters. The molecule has 1 aliphatic heterocycles. The smallest absolute Gasteiger partial charge is 0.250 e. The molecule has 1 fully saturated rings. The van der Waals surface area contributed by atoms with Crippen LogP contribution in [0.15, 0.2) is 48.5 Å². The van der Waals surface area contributed by atoms with Crippen LogP contribution in [-0.4, -0.2) is 42.1 Å². The fraction of sp³-hybridized carbons (Fsp3) is 0.238. The molecular weight excluding hydrogens is 394 g/mol. The third-order valence-electron chi connectivity index (χ3n) is 4.49. The Hall–Kier alpha value is -2.25. The Kier molecular flexibility index (Phi) is 6.02. The molecule has 3 aromatic rings. The summed E-state index contributed by atoms with van der Waals surface area (Å²) in [5.41, 5.74) is 3.06. The summed E-state index contributed by atoms with van der Waals surface area (Å²) in [6, 6.07) is 13.6. The highest BCUT2D eigenvalue weighted by Gasteiger charge is 2.12. The molecule has 0 radical (unpaired) electrons. The van der Waals surface area contributed by atoms with E-state index in [4.69, 9.17) is 16.3 Å². The second-order valence-corrected chi connectivity index (χ2v) is 8.05. The van der Waals surface area contributed by atoms with Crippen LogP contribution in [0.4, 0.5) is 5.13 Å². The molecule has 0 saturated carbocycles. The van der Waals surface area contributed by atoms with Gasteiger partial charge in [0.15, 0.2) is 5.13 Å². The summed E-state index contributed by atoms with van der Waals surface area (Å²) in [6.45, 7) is 4.41. The number of nitrogens with one attached hydrogen (secondary N) is 1. The van der Waals surface area contributed by atoms with Gasteiger partial charge in [0.05, 0.1) is 23.4 Å². The second kappa shape index (κ2) is 8.84. The van der Waals surface area contributed by atoms with E-state index >= 15 is 0 Å². The van der Waals surface area contributed by atoms with Crippen molar-refractivity contribution in [1.29, 1.82) is 0 Å². The average molecular weight is 414 g/mol. The zero-order valence-corrected chi connectivity index (χ0v) is 16.8. The minimum atomic E-state index is -0.206. The topological polar surface area (TPSA) is 54.5 Å². The zero-order valence-electron chi connectivity index (χ0n) is 15.2. The number of anilines is 1. The number of morpholine rings is 1. The Morgan fingerprint density at radius 2 is 2.00 bits per heavy atom. The van der Waals surface area contributed by atoms with Crippen LogP contribution in [0.2, 0.25) is 5.02 Å². The van der Waals surface area contributed by atoms with E-state index in [-0.39, 0.29) is 5.91 Å². The van der Waals surface area contributed by atoms with Crippen LogP contribution < -0.4 is 5.32 Å². The van der Waals surface area contributed by atoms with E-state index in [1.54, 1.807) is 18.2 Å². The summed E-state index contributed by atoms with van der Waals surface area (Å²) in [6.07, 6.45) is 3.25. The lowest BCUT2D eigenvalue weighted by atomic mass is 10.2. The summed E-state index contributed by atoms with van der Waals surface area (Å²) in [5, 5.41) is 4.11. The van der Waals surface area contributed by atoms with Gasteiger partial charge in [-0.1, -0.05) is 41.1 Å². The van der Waals surface area contributed by atoms with Gasteiger partial charge < -0.3 is 4.74 Å². The Morgan fingerprint density at radius 3 is 2.79 bits per heavy atom. The molecule has 1 saturated heterocycles. The van der Waals surface area contributed by atoms with Gasteiger partial charge in [0.25, 0.3) is 0 Å². The monoisotopic (exact) mass is 413 g/mol. The minimum Gasteiger partial charge on any atom is -0.379 e. The largest absolute Gasteiger partial charge is 0.379 e. The van der Waals surface area contributed by atoms with E-state index in [0.717, 1.165) is 48.6 Å². The van der Waals surface area contributed by atoms with Crippen LogP contribution in [0.25, 0.3) is 16.3 Å². The number of fused-ring (bicyclic) bond motifs is 1. The summed E-state index contributed by atoms with van der Waals surface area (Å²) >= 11 is 7.36. The molecule has 0 atom stereocenters. The number of thiazole rings is 1. The number of amides is 1. The molecule has 1 amide bonds. The Labute approximate surface area is 172 Å². The quantitative estimate of drug-likeness (QED) is 0.628. The lowest BCUT2D eigenvalue weighted by molar-refractivity contribution is -0.111. The van der Waals surface area contributed by atoms with Crippen molar-refractivity contribution in [2.45, 2.75) is 6.54 Å². The number of carbonyl (C=O) groups excluding carboxylic acids is 1. The number of carbonyl (C=O) groups is 1. The molecule has 1 aromatic heterocycles. The van der Waals surface area contributed by atoms with Gasteiger partial charge in [-0.15, -0.1) is 0 Å². The number of nitrogens with zero attached hydrogens (tertiary/aromatic N) is 2. The van der Waals surface area contributed by atoms with Gasteiger partial charge in [-0.05, 0) is 41.5 Å². The second-order valence-electron chi connectivity index (χ2n) is 6.58. The molecule has 7 heteroatoms. The Morgan fingerprint density at radius 1 is 1.21 bits per heavy atom. The Bertz CT molecular complexity index is 995. The highest BCUT2D eigenvalue weighted by molar-refractivity contribution is 7.22. The van der Waals surface area contributed by atoms with Crippen LogP contribution in [-0.2, 0) is 16.1 Å².